The fourth-order valence-corrected chi connectivity index (χ4v) is 4.06. The van der Waals surface area contributed by atoms with Crippen LogP contribution >= 0.6 is 11.5 Å². The fraction of sp³-hybridized carbons (Fsp3) is 0.474. The van der Waals surface area contributed by atoms with Crippen molar-refractivity contribution in [1.29, 1.82) is 0 Å². The number of aromatic nitrogens is 2. The summed E-state index contributed by atoms with van der Waals surface area (Å²) >= 11 is 1.14. The van der Waals surface area contributed by atoms with Crippen molar-refractivity contribution < 1.29 is 19.1 Å². The molecule has 0 unspecified atom stereocenters. The van der Waals surface area contributed by atoms with Gasteiger partial charge in [-0.3, -0.25) is 9.59 Å². The van der Waals surface area contributed by atoms with Crippen LogP contribution in [0.3, 0.4) is 0 Å². The van der Waals surface area contributed by atoms with Crippen LogP contribution in [-0.2, 0) is 11.3 Å². The van der Waals surface area contributed by atoms with Crippen LogP contribution in [0, 0.1) is 0 Å². The number of rotatable bonds is 6. The SMILES string of the molecule is O=C(CN(C(=O)c1csnn1)C1CCCCC1)NCc1ccc2c(c1)OCO2. The summed E-state index contributed by atoms with van der Waals surface area (Å²) in [7, 11) is 0. The maximum Gasteiger partial charge on any atom is 0.276 e. The van der Waals surface area contributed by atoms with Crippen LogP contribution in [-0.4, -0.2) is 45.7 Å². The predicted octanol–water partition coefficient (Wildman–Crippen LogP) is 2.36. The zero-order valence-corrected chi connectivity index (χ0v) is 16.2. The van der Waals surface area contributed by atoms with E-state index in [-0.39, 0.29) is 31.2 Å². The average molecular weight is 402 g/mol. The molecular formula is C19H22N4O4S. The van der Waals surface area contributed by atoms with Gasteiger partial charge in [0.15, 0.2) is 17.2 Å². The second-order valence-electron chi connectivity index (χ2n) is 6.98. The number of hydrogen-bond donors (Lipinski definition) is 1. The fourth-order valence-electron chi connectivity index (χ4n) is 3.63. The predicted molar refractivity (Wildman–Crippen MR) is 102 cm³/mol. The summed E-state index contributed by atoms with van der Waals surface area (Å²) in [5.41, 5.74) is 1.22. The van der Waals surface area contributed by atoms with Gasteiger partial charge in [-0.05, 0) is 42.1 Å². The summed E-state index contributed by atoms with van der Waals surface area (Å²) in [6.07, 6.45) is 5.15. The third kappa shape index (κ3) is 4.24. The number of carbonyl (C=O) groups is 2. The quantitative estimate of drug-likeness (QED) is 0.797. The highest BCUT2D eigenvalue weighted by Gasteiger charge is 2.29. The molecular weight excluding hydrogens is 380 g/mol. The Labute approximate surface area is 167 Å². The van der Waals surface area contributed by atoms with Crippen molar-refractivity contribution in [1.82, 2.24) is 19.8 Å². The molecule has 0 spiro atoms. The Hall–Kier alpha value is -2.68. The van der Waals surface area contributed by atoms with Gasteiger partial charge in [-0.15, -0.1) is 5.10 Å². The van der Waals surface area contributed by atoms with Gasteiger partial charge in [-0.1, -0.05) is 29.8 Å². The van der Waals surface area contributed by atoms with Crippen LogP contribution in [0.5, 0.6) is 11.5 Å². The zero-order chi connectivity index (χ0) is 19.3. The van der Waals surface area contributed by atoms with Gasteiger partial charge in [0.2, 0.25) is 12.7 Å². The minimum atomic E-state index is -0.223. The first kappa shape index (κ1) is 18.7. The van der Waals surface area contributed by atoms with Gasteiger partial charge >= 0.3 is 0 Å². The summed E-state index contributed by atoms with van der Waals surface area (Å²) in [6.45, 7) is 0.598. The van der Waals surface area contributed by atoms with Gasteiger partial charge in [0.25, 0.3) is 5.91 Å². The number of nitrogens with one attached hydrogen (secondary N) is 1. The summed E-state index contributed by atoms with van der Waals surface area (Å²) in [4.78, 5) is 27.1. The molecule has 1 N–H and O–H groups in total. The number of ether oxygens (including phenoxy) is 2. The summed E-state index contributed by atoms with van der Waals surface area (Å²) < 4.78 is 14.4. The molecule has 1 aliphatic heterocycles. The van der Waals surface area contributed by atoms with Gasteiger partial charge in [-0.2, -0.15) is 0 Å². The van der Waals surface area contributed by atoms with Crippen LogP contribution in [0.2, 0.25) is 0 Å². The molecule has 0 atom stereocenters. The van der Waals surface area contributed by atoms with Crippen molar-refractivity contribution in [3.63, 3.8) is 0 Å². The van der Waals surface area contributed by atoms with Gasteiger partial charge < -0.3 is 19.7 Å². The summed E-state index contributed by atoms with van der Waals surface area (Å²) in [5, 5.41) is 8.41. The lowest BCUT2D eigenvalue weighted by atomic mass is 9.94. The highest BCUT2D eigenvalue weighted by Crippen LogP contribution is 2.32. The Morgan fingerprint density at radius 2 is 2.00 bits per heavy atom. The molecule has 1 fully saturated rings. The van der Waals surface area contributed by atoms with Crippen LogP contribution < -0.4 is 14.8 Å². The maximum atomic E-state index is 12.9. The normalized spacial score (nSPS) is 16.0. The summed E-state index contributed by atoms with van der Waals surface area (Å²) in [5.74, 6) is 0.974. The molecule has 148 valence electrons. The van der Waals surface area contributed by atoms with Gasteiger partial charge in [0.1, 0.15) is 6.54 Å². The van der Waals surface area contributed by atoms with E-state index in [0.29, 0.717) is 23.7 Å². The molecule has 2 heterocycles. The molecule has 1 aromatic carbocycles. The van der Waals surface area contributed by atoms with Crippen LogP contribution in [0.1, 0.15) is 48.2 Å². The number of amides is 2. The van der Waals surface area contributed by atoms with Crippen molar-refractivity contribution in [3.05, 3.63) is 34.8 Å². The van der Waals surface area contributed by atoms with Crippen LogP contribution in [0.4, 0.5) is 0 Å². The molecule has 2 amide bonds. The average Bonchev–Trinajstić information content (AvgIpc) is 3.42. The Kier molecular flexibility index (Phi) is 5.70. The molecule has 1 aliphatic carbocycles. The van der Waals surface area contributed by atoms with E-state index in [1.54, 1.807) is 10.3 Å². The van der Waals surface area contributed by atoms with E-state index in [1.165, 1.54) is 6.42 Å². The minimum absolute atomic E-state index is 0.0194. The Morgan fingerprint density at radius 1 is 1.18 bits per heavy atom. The first-order valence-corrected chi connectivity index (χ1v) is 10.3. The van der Waals surface area contributed by atoms with Crippen LogP contribution in [0.25, 0.3) is 0 Å². The largest absolute Gasteiger partial charge is 0.454 e. The maximum absolute atomic E-state index is 12.9. The van der Waals surface area contributed by atoms with Gasteiger partial charge in [0.05, 0.1) is 0 Å². The topological polar surface area (TPSA) is 93.7 Å². The molecule has 0 radical (unpaired) electrons. The molecule has 9 heteroatoms. The van der Waals surface area contributed by atoms with E-state index in [1.807, 2.05) is 18.2 Å². The minimum Gasteiger partial charge on any atom is -0.454 e. The highest BCUT2D eigenvalue weighted by atomic mass is 32.1. The standard InChI is InChI=1S/C19H22N4O4S/c24-18(20-9-13-6-7-16-17(8-13)27-12-26-16)10-23(14-4-2-1-3-5-14)19(25)15-11-28-22-21-15/h6-8,11,14H,1-5,9-10,12H2,(H,20,24). The van der Waals surface area contributed by atoms with Gasteiger partial charge in [-0.25, -0.2) is 0 Å². The van der Waals surface area contributed by atoms with Crippen molar-refractivity contribution in [2.45, 2.75) is 44.7 Å². The number of carbonyl (C=O) groups excluding carboxylic acids is 2. The van der Waals surface area contributed by atoms with E-state index >= 15 is 0 Å². The lowest BCUT2D eigenvalue weighted by Crippen LogP contribution is -2.47. The van der Waals surface area contributed by atoms with Crippen molar-refractivity contribution >= 4 is 23.3 Å². The number of nitrogens with zero attached hydrogens (tertiary/aromatic N) is 3. The second-order valence-corrected chi connectivity index (χ2v) is 7.59. The van der Waals surface area contributed by atoms with Crippen molar-refractivity contribution in [2.24, 2.45) is 0 Å². The molecule has 2 aromatic rings. The monoisotopic (exact) mass is 402 g/mol. The number of fused-ring (bicyclic) bond motifs is 1. The van der Waals surface area contributed by atoms with E-state index < -0.39 is 0 Å². The molecule has 1 saturated carbocycles. The highest BCUT2D eigenvalue weighted by molar-refractivity contribution is 7.03. The molecule has 0 bridgehead atoms. The Morgan fingerprint density at radius 3 is 2.79 bits per heavy atom. The molecule has 4 rings (SSSR count). The third-order valence-corrected chi connectivity index (χ3v) is 5.60. The smallest absolute Gasteiger partial charge is 0.276 e. The van der Waals surface area contributed by atoms with E-state index in [4.69, 9.17) is 9.47 Å². The van der Waals surface area contributed by atoms with Crippen molar-refractivity contribution in [2.75, 3.05) is 13.3 Å². The van der Waals surface area contributed by atoms with Crippen molar-refractivity contribution in [3.8, 4) is 11.5 Å². The first-order chi connectivity index (χ1) is 13.7. The van der Waals surface area contributed by atoms with Gasteiger partial charge in [0, 0.05) is 18.0 Å². The second kappa shape index (κ2) is 8.55. The molecule has 28 heavy (non-hydrogen) atoms. The lowest BCUT2D eigenvalue weighted by molar-refractivity contribution is -0.122. The lowest BCUT2D eigenvalue weighted by Gasteiger charge is -2.33. The number of benzene rings is 1. The third-order valence-electron chi connectivity index (χ3n) is 5.10. The molecule has 0 saturated heterocycles. The number of hydrogen-bond acceptors (Lipinski definition) is 7. The van der Waals surface area contributed by atoms with Crippen LogP contribution in [0.15, 0.2) is 23.6 Å². The zero-order valence-electron chi connectivity index (χ0n) is 15.4. The first-order valence-electron chi connectivity index (χ1n) is 9.44. The summed E-state index contributed by atoms with van der Waals surface area (Å²) in [6, 6.07) is 5.64. The Balaban J connectivity index is 1.39. The Bertz CT molecular complexity index is 836. The van der Waals surface area contributed by atoms with E-state index in [2.05, 4.69) is 14.9 Å². The van der Waals surface area contributed by atoms with E-state index in [0.717, 1.165) is 42.8 Å². The molecule has 2 aliphatic rings. The van der Waals surface area contributed by atoms with E-state index in [9.17, 15) is 9.59 Å². The molecule has 1 aromatic heterocycles. The molecule has 8 nitrogen and oxygen atoms in total.